The molecule has 128 valence electrons. The Morgan fingerprint density at radius 3 is 2.20 bits per heavy atom. The van der Waals surface area contributed by atoms with Crippen LogP contribution in [0.15, 0.2) is 60.8 Å². The second kappa shape index (κ2) is 6.48. The van der Waals surface area contributed by atoms with Crippen molar-refractivity contribution in [3.05, 3.63) is 77.5 Å². The summed E-state index contributed by atoms with van der Waals surface area (Å²) in [7, 11) is 2.05. The minimum absolute atomic E-state index is 0.0751. The predicted octanol–water partition coefficient (Wildman–Crippen LogP) is 5.76. The second-order valence-electron chi connectivity index (χ2n) is 7.74. The van der Waals surface area contributed by atoms with Crippen LogP contribution in [0.3, 0.4) is 0 Å². The van der Waals surface area contributed by atoms with Gasteiger partial charge in [0.2, 0.25) is 5.69 Å². The van der Waals surface area contributed by atoms with Crippen LogP contribution < -0.4 is 4.57 Å². The molecule has 3 rings (SSSR count). The van der Waals surface area contributed by atoms with Crippen LogP contribution >= 0.6 is 0 Å². The van der Waals surface area contributed by atoms with Crippen LogP contribution in [0.5, 0.6) is 0 Å². The SMILES string of the molecule is [2H]C([2H])([2H])c1cc(C)c(-c2ccc(C(C)(C)C)c[n+]2C)cc1-c1ccccc1. The molecule has 0 N–H and O–H groups in total. The fraction of sp³-hybridized carbons (Fsp3) is 0.292. The van der Waals surface area contributed by atoms with E-state index in [9.17, 15) is 0 Å². The number of benzene rings is 2. The molecule has 1 aromatic heterocycles. The lowest BCUT2D eigenvalue weighted by Gasteiger charge is -2.18. The molecular formula is C24H28N+. The van der Waals surface area contributed by atoms with Gasteiger partial charge in [-0.1, -0.05) is 57.2 Å². The average molecular weight is 334 g/mol. The molecule has 0 fully saturated rings. The first-order chi connectivity index (χ1) is 13.0. The zero-order valence-corrected chi connectivity index (χ0v) is 15.7. The van der Waals surface area contributed by atoms with Crippen molar-refractivity contribution in [3.8, 4) is 22.4 Å². The Kier molecular flexibility index (Phi) is 3.58. The van der Waals surface area contributed by atoms with Crippen LogP contribution in [0.25, 0.3) is 22.4 Å². The number of rotatable bonds is 2. The molecule has 0 aliphatic carbocycles. The van der Waals surface area contributed by atoms with Gasteiger partial charge in [0.1, 0.15) is 7.05 Å². The molecule has 1 heteroatoms. The molecular weight excluding hydrogens is 302 g/mol. The molecule has 0 aliphatic heterocycles. The van der Waals surface area contributed by atoms with Crippen molar-refractivity contribution in [2.75, 3.05) is 0 Å². The fourth-order valence-electron chi connectivity index (χ4n) is 3.17. The maximum absolute atomic E-state index is 8.00. The van der Waals surface area contributed by atoms with Crippen molar-refractivity contribution < 1.29 is 8.68 Å². The highest BCUT2D eigenvalue weighted by Crippen LogP contribution is 2.31. The minimum atomic E-state index is -2.16. The monoisotopic (exact) mass is 333 g/mol. The Bertz CT molecular complexity index is 997. The van der Waals surface area contributed by atoms with Gasteiger partial charge < -0.3 is 0 Å². The van der Waals surface area contributed by atoms with E-state index in [0.29, 0.717) is 5.56 Å². The van der Waals surface area contributed by atoms with E-state index in [2.05, 4.69) is 43.7 Å². The van der Waals surface area contributed by atoms with Crippen molar-refractivity contribution in [2.45, 2.75) is 40.0 Å². The van der Waals surface area contributed by atoms with Gasteiger partial charge in [0.15, 0.2) is 6.20 Å². The molecule has 0 amide bonds. The average Bonchev–Trinajstić information content (AvgIpc) is 2.61. The number of aryl methyl sites for hydroxylation is 3. The highest BCUT2D eigenvalue weighted by Gasteiger charge is 2.20. The Morgan fingerprint density at radius 1 is 0.880 bits per heavy atom. The second-order valence-corrected chi connectivity index (χ2v) is 7.74. The van der Waals surface area contributed by atoms with Crippen LogP contribution in [-0.2, 0) is 12.5 Å². The first kappa shape index (κ1) is 13.8. The van der Waals surface area contributed by atoms with E-state index < -0.39 is 6.85 Å². The highest BCUT2D eigenvalue weighted by molar-refractivity contribution is 5.75. The molecule has 2 aromatic carbocycles. The lowest BCUT2D eigenvalue weighted by molar-refractivity contribution is -0.661. The molecule has 0 spiro atoms. The molecule has 1 heterocycles. The number of aromatic nitrogens is 1. The van der Waals surface area contributed by atoms with Crippen LogP contribution in [0, 0.1) is 13.8 Å². The summed E-state index contributed by atoms with van der Waals surface area (Å²) in [6.45, 7) is 6.42. The number of nitrogens with zero attached hydrogens (tertiary/aromatic N) is 1. The summed E-state index contributed by atoms with van der Waals surface area (Å²) in [6.07, 6.45) is 2.16. The number of hydrogen-bond acceptors (Lipinski definition) is 0. The highest BCUT2D eigenvalue weighted by atomic mass is 14.9. The summed E-state index contributed by atoms with van der Waals surface area (Å²) >= 11 is 0. The topological polar surface area (TPSA) is 3.88 Å². The van der Waals surface area contributed by atoms with Crippen molar-refractivity contribution >= 4 is 0 Å². The molecule has 0 radical (unpaired) electrons. The van der Waals surface area contributed by atoms with Gasteiger partial charge in [0, 0.05) is 21.3 Å². The van der Waals surface area contributed by atoms with Crippen molar-refractivity contribution in [2.24, 2.45) is 7.05 Å². The van der Waals surface area contributed by atoms with Gasteiger partial charge in [0.25, 0.3) is 0 Å². The fourth-order valence-corrected chi connectivity index (χ4v) is 3.17. The summed E-state index contributed by atoms with van der Waals surface area (Å²) in [5, 5.41) is 0. The van der Waals surface area contributed by atoms with Crippen molar-refractivity contribution in [3.63, 3.8) is 0 Å². The van der Waals surface area contributed by atoms with Gasteiger partial charge in [-0.2, -0.15) is 0 Å². The standard InChI is InChI=1S/C24H28N/c1-17-14-18(2)22(15-21(17)19-10-8-7-9-11-19)23-13-12-20(16-25(23)6)24(3,4)5/h7-16H,1-6H3/q+1/i1D3. The van der Waals surface area contributed by atoms with Gasteiger partial charge in [-0.3, -0.25) is 0 Å². The molecule has 0 atom stereocenters. The third kappa shape index (κ3) is 3.51. The lowest BCUT2D eigenvalue weighted by atomic mass is 9.87. The van der Waals surface area contributed by atoms with Gasteiger partial charge in [0.05, 0.1) is 0 Å². The van der Waals surface area contributed by atoms with E-state index in [0.717, 1.165) is 27.9 Å². The van der Waals surface area contributed by atoms with E-state index in [1.807, 2.05) is 56.4 Å². The van der Waals surface area contributed by atoms with E-state index in [-0.39, 0.29) is 5.41 Å². The molecule has 0 aliphatic rings. The Morgan fingerprint density at radius 2 is 1.60 bits per heavy atom. The normalized spacial score (nSPS) is 13.9. The Hall–Kier alpha value is -2.41. The minimum Gasteiger partial charge on any atom is -0.201 e. The van der Waals surface area contributed by atoms with Crippen LogP contribution in [0.4, 0.5) is 0 Å². The zero-order chi connectivity index (χ0) is 20.7. The van der Waals surface area contributed by atoms with Crippen molar-refractivity contribution in [1.29, 1.82) is 0 Å². The molecule has 0 saturated heterocycles. The number of pyridine rings is 1. The van der Waals surface area contributed by atoms with Gasteiger partial charge >= 0.3 is 0 Å². The smallest absolute Gasteiger partial charge is 0.201 e. The summed E-state index contributed by atoms with van der Waals surface area (Å²) in [5.41, 5.74) is 6.50. The van der Waals surface area contributed by atoms with Crippen LogP contribution in [0.2, 0.25) is 0 Å². The first-order valence-electron chi connectivity index (χ1n) is 10.2. The summed E-state index contributed by atoms with van der Waals surface area (Å²) in [5.74, 6) is 0. The third-order valence-corrected chi connectivity index (χ3v) is 4.72. The van der Waals surface area contributed by atoms with Crippen molar-refractivity contribution in [1.82, 2.24) is 0 Å². The molecule has 25 heavy (non-hydrogen) atoms. The van der Waals surface area contributed by atoms with E-state index in [1.165, 1.54) is 5.56 Å². The lowest BCUT2D eigenvalue weighted by Crippen LogP contribution is -2.33. The molecule has 0 unspecified atom stereocenters. The quantitative estimate of drug-likeness (QED) is 0.525. The van der Waals surface area contributed by atoms with Gasteiger partial charge in [-0.05, 0) is 53.6 Å². The third-order valence-electron chi connectivity index (χ3n) is 4.72. The van der Waals surface area contributed by atoms with E-state index in [1.54, 1.807) is 0 Å². The molecule has 1 nitrogen and oxygen atoms in total. The zero-order valence-electron chi connectivity index (χ0n) is 18.7. The maximum Gasteiger partial charge on any atom is 0.212 e. The molecule has 3 aromatic rings. The molecule has 0 bridgehead atoms. The first-order valence-corrected chi connectivity index (χ1v) is 8.69. The summed E-state index contributed by atoms with van der Waals surface area (Å²) in [6, 6.07) is 17.9. The van der Waals surface area contributed by atoms with Gasteiger partial charge in [-0.15, -0.1) is 0 Å². The largest absolute Gasteiger partial charge is 0.212 e. The Balaban J connectivity index is 2.24. The van der Waals surface area contributed by atoms with E-state index >= 15 is 0 Å². The predicted molar refractivity (Wildman–Crippen MR) is 107 cm³/mol. The summed E-state index contributed by atoms with van der Waals surface area (Å²) in [4.78, 5) is 0. The van der Waals surface area contributed by atoms with Crippen LogP contribution in [0.1, 0.15) is 41.6 Å². The molecule has 0 saturated carbocycles. The number of hydrogen-bond donors (Lipinski definition) is 0. The summed E-state index contributed by atoms with van der Waals surface area (Å²) < 4.78 is 26.1. The maximum atomic E-state index is 8.00. The van der Waals surface area contributed by atoms with Crippen LogP contribution in [-0.4, -0.2) is 0 Å². The van der Waals surface area contributed by atoms with E-state index in [4.69, 9.17) is 4.11 Å². The Labute approximate surface area is 156 Å². The van der Waals surface area contributed by atoms with Gasteiger partial charge in [-0.25, -0.2) is 4.57 Å².